The number of rotatable bonds is 3. The number of aliphatic hydroxyl groups excluding tert-OH is 1. The van der Waals surface area contributed by atoms with Crippen LogP contribution in [0.1, 0.15) is 28.0 Å². The average molecular weight is 286 g/mol. The summed E-state index contributed by atoms with van der Waals surface area (Å²) >= 11 is 1.39. The minimum absolute atomic E-state index is 0.0136. The van der Waals surface area contributed by atoms with Gasteiger partial charge in [-0.25, -0.2) is 4.98 Å². The van der Waals surface area contributed by atoms with Crippen molar-refractivity contribution in [3.63, 3.8) is 0 Å². The molecule has 0 spiro atoms. The minimum atomic E-state index is -0.228. The summed E-state index contributed by atoms with van der Waals surface area (Å²) in [7, 11) is 0. The molecule has 0 aliphatic heterocycles. The Morgan fingerprint density at radius 2 is 2.25 bits per heavy atom. The average Bonchev–Trinajstić information content (AvgIpc) is 2.85. The van der Waals surface area contributed by atoms with Gasteiger partial charge in [0.25, 0.3) is 5.91 Å². The van der Waals surface area contributed by atoms with Gasteiger partial charge in [-0.2, -0.15) is 0 Å². The highest BCUT2D eigenvalue weighted by molar-refractivity contribution is 7.13. The normalized spacial score (nSPS) is 9.70. The lowest BCUT2D eigenvalue weighted by Gasteiger charge is -2.04. The van der Waals surface area contributed by atoms with E-state index in [2.05, 4.69) is 22.1 Å². The molecular formula is C15H14N2O2S. The highest BCUT2D eigenvalue weighted by Crippen LogP contribution is 2.16. The Bertz CT molecular complexity index is 668. The van der Waals surface area contributed by atoms with Crippen molar-refractivity contribution in [2.45, 2.75) is 13.3 Å². The fourth-order valence-corrected chi connectivity index (χ4v) is 2.26. The van der Waals surface area contributed by atoms with Gasteiger partial charge in [-0.05, 0) is 19.1 Å². The molecule has 0 saturated heterocycles. The van der Waals surface area contributed by atoms with Gasteiger partial charge in [-0.1, -0.05) is 24.0 Å². The van der Waals surface area contributed by atoms with Gasteiger partial charge in [0.2, 0.25) is 0 Å². The molecule has 2 N–H and O–H groups in total. The maximum Gasteiger partial charge on any atom is 0.258 e. The van der Waals surface area contributed by atoms with Crippen LogP contribution in [-0.4, -0.2) is 22.6 Å². The maximum absolute atomic E-state index is 12.2. The van der Waals surface area contributed by atoms with E-state index >= 15 is 0 Å². The van der Waals surface area contributed by atoms with Crippen LogP contribution in [0, 0.1) is 18.8 Å². The van der Waals surface area contributed by atoms with E-state index in [0.717, 1.165) is 5.69 Å². The summed E-state index contributed by atoms with van der Waals surface area (Å²) < 4.78 is 0. The van der Waals surface area contributed by atoms with Crippen LogP contribution in [-0.2, 0) is 0 Å². The number of aliphatic hydroxyl groups is 1. The molecule has 102 valence electrons. The predicted octanol–water partition coefficient (Wildman–Crippen LogP) is 2.44. The molecule has 1 heterocycles. The Hall–Kier alpha value is -2.16. The number of hydrogen-bond donors (Lipinski definition) is 2. The van der Waals surface area contributed by atoms with Gasteiger partial charge in [0.05, 0.1) is 17.9 Å². The van der Waals surface area contributed by atoms with Crippen LogP contribution in [0.2, 0.25) is 0 Å². The third-order valence-electron chi connectivity index (χ3n) is 2.47. The van der Waals surface area contributed by atoms with E-state index in [9.17, 15) is 4.79 Å². The number of nitrogens with zero attached hydrogens (tertiary/aromatic N) is 1. The fourth-order valence-electron chi connectivity index (χ4n) is 1.58. The zero-order valence-corrected chi connectivity index (χ0v) is 11.8. The van der Waals surface area contributed by atoms with E-state index in [1.165, 1.54) is 11.3 Å². The Kier molecular flexibility index (Phi) is 4.88. The number of aromatic nitrogens is 1. The second-order valence-corrected chi connectivity index (χ2v) is 4.93. The molecule has 0 unspecified atom stereocenters. The van der Waals surface area contributed by atoms with Gasteiger partial charge >= 0.3 is 0 Å². The molecule has 1 amide bonds. The van der Waals surface area contributed by atoms with E-state index in [1.807, 2.05) is 18.4 Å². The zero-order valence-electron chi connectivity index (χ0n) is 11.0. The van der Waals surface area contributed by atoms with E-state index in [0.29, 0.717) is 22.7 Å². The molecule has 0 aliphatic rings. The molecule has 5 heteroatoms. The number of hydrogen-bond acceptors (Lipinski definition) is 4. The molecule has 0 atom stereocenters. The van der Waals surface area contributed by atoms with E-state index in [4.69, 9.17) is 5.11 Å². The molecule has 4 nitrogen and oxygen atoms in total. The quantitative estimate of drug-likeness (QED) is 0.852. The summed E-state index contributed by atoms with van der Waals surface area (Å²) in [5.74, 6) is 5.49. The van der Waals surface area contributed by atoms with Crippen LogP contribution < -0.4 is 5.32 Å². The number of amides is 1. The summed E-state index contributed by atoms with van der Waals surface area (Å²) in [6.07, 6.45) is 0.391. The first-order chi connectivity index (χ1) is 9.70. The van der Waals surface area contributed by atoms with E-state index in [-0.39, 0.29) is 12.5 Å². The Labute approximate surface area is 121 Å². The highest BCUT2D eigenvalue weighted by Gasteiger charge is 2.11. The van der Waals surface area contributed by atoms with Crippen molar-refractivity contribution in [2.75, 3.05) is 11.9 Å². The number of anilines is 1. The van der Waals surface area contributed by atoms with Crippen molar-refractivity contribution in [1.82, 2.24) is 4.98 Å². The van der Waals surface area contributed by atoms with Gasteiger partial charge in [-0.3, -0.25) is 10.1 Å². The number of benzene rings is 1. The van der Waals surface area contributed by atoms with Gasteiger partial charge in [0, 0.05) is 17.4 Å². The second-order valence-electron chi connectivity index (χ2n) is 4.07. The lowest BCUT2D eigenvalue weighted by atomic mass is 10.1. The number of nitrogens with one attached hydrogen (secondary N) is 1. The number of carbonyl (C=O) groups is 1. The van der Waals surface area contributed by atoms with Crippen molar-refractivity contribution in [1.29, 1.82) is 0 Å². The number of aryl methyl sites for hydroxylation is 1. The van der Waals surface area contributed by atoms with Crippen LogP contribution >= 0.6 is 11.3 Å². The van der Waals surface area contributed by atoms with Crippen LogP contribution in [0.15, 0.2) is 29.6 Å². The summed E-state index contributed by atoms with van der Waals surface area (Å²) in [5, 5.41) is 13.9. The first-order valence-corrected chi connectivity index (χ1v) is 7.01. The standard InChI is InChI=1S/C15H14N2O2S/c1-11-10-20-15(16-11)17-14(19)13-8-3-2-6-12(13)7-4-5-9-18/h2-3,6,8,10,18H,5,9H2,1H3,(H,16,17,19). The van der Waals surface area contributed by atoms with Gasteiger partial charge in [-0.15, -0.1) is 11.3 Å². The third kappa shape index (κ3) is 3.67. The molecule has 0 radical (unpaired) electrons. The summed E-state index contributed by atoms with van der Waals surface area (Å²) in [6.45, 7) is 1.89. The molecule has 1 aromatic carbocycles. The molecule has 0 fully saturated rings. The van der Waals surface area contributed by atoms with Crippen molar-refractivity contribution in [3.05, 3.63) is 46.5 Å². The van der Waals surface area contributed by atoms with Crippen molar-refractivity contribution >= 4 is 22.4 Å². The van der Waals surface area contributed by atoms with Crippen LogP contribution in [0.3, 0.4) is 0 Å². The fraction of sp³-hybridized carbons (Fsp3) is 0.200. The summed E-state index contributed by atoms with van der Waals surface area (Å²) in [6, 6.07) is 7.12. The van der Waals surface area contributed by atoms with Crippen LogP contribution in [0.4, 0.5) is 5.13 Å². The van der Waals surface area contributed by atoms with Crippen molar-refractivity contribution in [3.8, 4) is 11.8 Å². The van der Waals surface area contributed by atoms with Crippen LogP contribution in [0.5, 0.6) is 0 Å². The highest BCUT2D eigenvalue weighted by atomic mass is 32.1. The first kappa shape index (κ1) is 14.3. The van der Waals surface area contributed by atoms with Crippen molar-refractivity contribution in [2.24, 2.45) is 0 Å². The lowest BCUT2D eigenvalue weighted by molar-refractivity contribution is 0.102. The molecule has 0 aliphatic carbocycles. The Morgan fingerprint density at radius 3 is 2.95 bits per heavy atom. The molecule has 0 saturated carbocycles. The minimum Gasteiger partial charge on any atom is -0.395 e. The zero-order chi connectivity index (χ0) is 14.4. The number of thiazole rings is 1. The Morgan fingerprint density at radius 1 is 1.45 bits per heavy atom. The van der Waals surface area contributed by atoms with E-state index in [1.54, 1.807) is 18.2 Å². The van der Waals surface area contributed by atoms with E-state index < -0.39 is 0 Å². The van der Waals surface area contributed by atoms with Crippen molar-refractivity contribution < 1.29 is 9.90 Å². The molecular weight excluding hydrogens is 272 g/mol. The molecule has 2 rings (SSSR count). The van der Waals surface area contributed by atoms with Gasteiger partial charge in [0.15, 0.2) is 5.13 Å². The smallest absolute Gasteiger partial charge is 0.258 e. The first-order valence-electron chi connectivity index (χ1n) is 6.13. The largest absolute Gasteiger partial charge is 0.395 e. The maximum atomic E-state index is 12.2. The lowest BCUT2D eigenvalue weighted by Crippen LogP contribution is -2.13. The van der Waals surface area contributed by atoms with Gasteiger partial charge < -0.3 is 5.11 Å². The second kappa shape index (κ2) is 6.85. The van der Waals surface area contributed by atoms with Crippen LogP contribution in [0.25, 0.3) is 0 Å². The monoisotopic (exact) mass is 286 g/mol. The third-order valence-corrected chi connectivity index (χ3v) is 3.35. The number of carbonyl (C=O) groups excluding carboxylic acids is 1. The predicted molar refractivity (Wildman–Crippen MR) is 79.8 cm³/mol. The molecule has 2 aromatic rings. The van der Waals surface area contributed by atoms with Gasteiger partial charge in [0.1, 0.15) is 0 Å². The topological polar surface area (TPSA) is 62.2 Å². The Balaban J connectivity index is 2.19. The summed E-state index contributed by atoms with van der Waals surface area (Å²) in [4.78, 5) is 16.4. The molecule has 0 bridgehead atoms. The summed E-state index contributed by atoms with van der Waals surface area (Å²) in [5.41, 5.74) is 2.03. The molecule has 20 heavy (non-hydrogen) atoms. The SMILES string of the molecule is Cc1csc(NC(=O)c2ccccc2C#CCCO)n1. The molecule has 1 aromatic heterocycles.